The molecule has 0 aliphatic heterocycles. The molecule has 19 heavy (non-hydrogen) atoms. The Labute approximate surface area is 118 Å². The molecule has 4 nitrogen and oxygen atoms in total. The minimum Gasteiger partial charge on any atom is -0.395 e. The Morgan fingerprint density at radius 2 is 1.68 bits per heavy atom. The number of hydrogen-bond acceptors (Lipinski definition) is 4. The second-order valence-electron chi connectivity index (χ2n) is 6.92. The molecular weight excluding hydrogens is 240 g/mol. The summed E-state index contributed by atoms with van der Waals surface area (Å²) in [4.78, 5) is 2.23. The quantitative estimate of drug-likeness (QED) is 0.676. The van der Waals surface area contributed by atoms with E-state index in [0.717, 1.165) is 12.8 Å². The van der Waals surface area contributed by atoms with Crippen LogP contribution in [0.25, 0.3) is 0 Å². The fraction of sp³-hybridized carbons (Fsp3) is 1.00. The van der Waals surface area contributed by atoms with Gasteiger partial charge in [-0.3, -0.25) is 4.90 Å². The number of rotatable bonds is 6. The van der Waals surface area contributed by atoms with Crippen molar-refractivity contribution < 1.29 is 10.2 Å². The van der Waals surface area contributed by atoms with Crippen molar-refractivity contribution in [2.24, 2.45) is 23.0 Å². The molecule has 0 bridgehead atoms. The third-order valence-electron chi connectivity index (χ3n) is 4.73. The van der Waals surface area contributed by atoms with Gasteiger partial charge in [-0.05, 0) is 43.1 Å². The lowest BCUT2D eigenvalue weighted by molar-refractivity contribution is 0.0273. The second kappa shape index (κ2) is 7.58. The largest absolute Gasteiger partial charge is 0.395 e. The maximum atomic E-state index is 9.22. The Bertz CT molecular complexity index is 247. The van der Waals surface area contributed by atoms with E-state index in [2.05, 4.69) is 25.7 Å². The SMILES string of the molecule is CC(C)(C)C1CCC(CN)C(N(CCO)CCO)C1. The van der Waals surface area contributed by atoms with Crippen molar-refractivity contribution in [1.82, 2.24) is 4.90 Å². The third-order valence-corrected chi connectivity index (χ3v) is 4.73. The van der Waals surface area contributed by atoms with Crippen LogP contribution in [0.15, 0.2) is 0 Å². The summed E-state index contributed by atoms with van der Waals surface area (Å²) in [5.41, 5.74) is 6.25. The van der Waals surface area contributed by atoms with Gasteiger partial charge in [-0.25, -0.2) is 0 Å². The van der Waals surface area contributed by atoms with Gasteiger partial charge in [0.1, 0.15) is 0 Å². The minimum absolute atomic E-state index is 0.147. The Balaban J connectivity index is 2.77. The molecule has 0 radical (unpaired) electrons. The predicted molar refractivity (Wildman–Crippen MR) is 78.9 cm³/mol. The first kappa shape index (κ1) is 16.9. The van der Waals surface area contributed by atoms with Crippen molar-refractivity contribution in [1.29, 1.82) is 0 Å². The Hall–Kier alpha value is -0.160. The molecule has 4 N–H and O–H groups in total. The smallest absolute Gasteiger partial charge is 0.0558 e. The topological polar surface area (TPSA) is 69.7 Å². The van der Waals surface area contributed by atoms with Gasteiger partial charge in [0.05, 0.1) is 13.2 Å². The van der Waals surface area contributed by atoms with Gasteiger partial charge in [0, 0.05) is 19.1 Å². The molecule has 114 valence electrons. The van der Waals surface area contributed by atoms with Gasteiger partial charge in [0.2, 0.25) is 0 Å². The summed E-state index contributed by atoms with van der Waals surface area (Å²) in [5.74, 6) is 1.19. The fourth-order valence-electron chi connectivity index (χ4n) is 3.42. The zero-order chi connectivity index (χ0) is 14.5. The monoisotopic (exact) mass is 272 g/mol. The normalized spacial score (nSPS) is 28.9. The highest BCUT2D eigenvalue weighted by molar-refractivity contribution is 4.91. The summed E-state index contributed by atoms with van der Waals surface area (Å²) in [6.07, 6.45) is 3.54. The molecular formula is C15H32N2O2. The maximum Gasteiger partial charge on any atom is 0.0558 e. The molecule has 4 heteroatoms. The van der Waals surface area contributed by atoms with E-state index in [9.17, 15) is 10.2 Å². The van der Waals surface area contributed by atoms with Gasteiger partial charge in [-0.2, -0.15) is 0 Å². The molecule has 0 aromatic heterocycles. The van der Waals surface area contributed by atoms with E-state index in [4.69, 9.17) is 5.73 Å². The Morgan fingerprint density at radius 1 is 1.11 bits per heavy atom. The molecule has 1 aliphatic carbocycles. The number of aliphatic hydroxyl groups is 2. The average Bonchev–Trinajstić information content (AvgIpc) is 2.36. The van der Waals surface area contributed by atoms with Crippen LogP contribution in [0.2, 0.25) is 0 Å². The summed E-state index contributed by atoms with van der Waals surface area (Å²) in [5, 5.41) is 18.4. The number of nitrogens with two attached hydrogens (primary N) is 1. The summed E-state index contributed by atoms with van der Waals surface area (Å²) < 4.78 is 0. The van der Waals surface area contributed by atoms with Gasteiger partial charge < -0.3 is 15.9 Å². The van der Waals surface area contributed by atoms with Crippen LogP contribution in [-0.2, 0) is 0 Å². The summed E-state index contributed by atoms with van der Waals surface area (Å²) in [6, 6.07) is 0.405. The molecule has 1 aliphatic rings. The van der Waals surface area contributed by atoms with E-state index in [1.54, 1.807) is 0 Å². The summed E-state index contributed by atoms with van der Waals surface area (Å²) in [6.45, 7) is 9.19. The van der Waals surface area contributed by atoms with E-state index in [1.807, 2.05) is 0 Å². The van der Waals surface area contributed by atoms with Gasteiger partial charge in [-0.1, -0.05) is 20.8 Å². The van der Waals surface area contributed by atoms with Gasteiger partial charge in [0.15, 0.2) is 0 Å². The highest BCUT2D eigenvalue weighted by Gasteiger charge is 2.37. The van der Waals surface area contributed by atoms with Crippen LogP contribution >= 0.6 is 0 Å². The first-order valence-corrected chi connectivity index (χ1v) is 7.59. The van der Waals surface area contributed by atoms with Crippen LogP contribution in [0.5, 0.6) is 0 Å². The molecule has 0 aromatic rings. The lowest BCUT2D eigenvalue weighted by atomic mass is 9.67. The molecule has 0 saturated heterocycles. The lowest BCUT2D eigenvalue weighted by Gasteiger charge is -2.46. The van der Waals surface area contributed by atoms with Crippen molar-refractivity contribution in [3.05, 3.63) is 0 Å². The van der Waals surface area contributed by atoms with E-state index in [1.165, 1.54) is 6.42 Å². The Morgan fingerprint density at radius 3 is 2.11 bits per heavy atom. The molecule has 0 amide bonds. The predicted octanol–water partition coefficient (Wildman–Crippen LogP) is 1.06. The van der Waals surface area contributed by atoms with Crippen molar-refractivity contribution in [3.63, 3.8) is 0 Å². The van der Waals surface area contributed by atoms with Gasteiger partial charge >= 0.3 is 0 Å². The van der Waals surface area contributed by atoms with Gasteiger partial charge in [0.25, 0.3) is 0 Å². The van der Waals surface area contributed by atoms with Crippen molar-refractivity contribution in [2.75, 3.05) is 32.8 Å². The standard InChI is InChI=1S/C15H32N2O2/c1-15(2,3)13-5-4-12(11-16)14(10-13)17(6-8-18)7-9-19/h12-14,18-19H,4-11,16H2,1-3H3. The van der Waals surface area contributed by atoms with E-state index >= 15 is 0 Å². The molecule has 0 aromatic carbocycles. The maximum absolute atomic E-state index is 9.22. The lowest BCUT2D eigenvalue weighted by Crippen LogP contribution is -2.50. The summed E-state index contributed by atoms with van der Waals surface area (Å²) >= 11 is 0. The molecule has 0 heterocycles. The third kappa shape index (κ3) is 4.71. The van der Waals surface area contributed by atoms with E-state index in [0.29, 0.717) is 42.9 Å². The zero-order valence-electron chi connectivity index (χ0n) is 12.8. The second-order valence-corrected chi connectivity index (χ2v) is 6.92. The highest BCUT2D eigenvalue weighted by atomic mass is 16.3. The number of aliphatic hydroxyl groups excluding tert-OH is 2. The van der Waals surface area contributed by atoms with Crippen LogP contribution in [0.3, 0.4) is 0 Å². The van der Waals surface area contributed by atoms with E-state index < -0.39 is 0 Å². The highest BCUT2D eigenvalue weighted by Crippen LogP contribution is 2.41. The zero-order valence-corrected chi connectivity index (χ0v) is 12.8. The van der Waals surface area contributed by atoms with Crippen molar-refractivity contribution in [3.8, 4) is 0 Å². The van der Waals surface area contributed by atoms with Crippen LogP contribution < -0.4 is 5.73 Å². The molecule has 1 rings (SSSR count). The van der Waals surface area contributed by atoms with Crippen LogP contribution in [0, 0.1) is 17.3 Å². The summed E-state index contributed by atoms with van der Waals surface area (Å²) in [7, 11) is 0. The molecule has 3 unspecified atom stereocenters. The number of hydrogen-bond donors (Lipinski definition) is 3. The Kier molecular flexibility index (Phi) is 6.74. The van der Waals surface area contributed by atoms with Crippen LogP contribution in [-0.4, -0.2) is 54.0 Å². The van der Waals surface area contributed by atoms with Crippen LogP contribution in [0.1, 0.15) is 40.0 Å². The molecule has 1 fully saturated rings. The molecule has 3 atom stereocenters. The van der Waals surface area contributed by atoms with Crippen molar-refractivity contribution >= 4 is 0 Å². The van der Waals surface area contributed by atoms with Gasteiger partial charge in [-0.15, -0.1) is 0 Å². The fourth-order valence-corrected chi connectivity index (χ4v) is 3.42. The minimum atomic E-state index is 0.147. The van der Waals surface area contributed by atoms with E-state index in [-0.39, 0.29) is 13.2 Å². The van der Waals surface area contributed by atoms with Crippen molar-refractivity contribution in [2.45, 2.75) is 46.1 Å². The first-order valence-electron chi connectivity index (χ1n) is 7.59. The average molecular weight is 272 g/mol. The number of nitrogens with zero attached hydrogens (tertiary/aromatic N) is 1. The molecule has 1 saturated carbocycles. The van der Waals surface area contributed by atoms with Crippen LogP contribution in [0.4, 0.5) is 0 Å². The molecule has 0 spiro atoms. The first-order chi connectivity index (χ1) is 8.93.